The Kier molecular flexibility index (Phi) is 7.25. The summed E-state index contributed by atoms with van der Waals surface area (Å²) in [4.78, 5) is 25.3. The second kappa shape index (κ2) is 10.9. The predicted octanol–water partition coefficient (Wildman–Crippen LogP) is 4.58. The van der Waals surface area contributed by atoms with Crippen molar-refractivity contribution in [2.45, 2.75) is 13.8 Å². The number of nitrogens with zero attached hydrogens (tertiary/aromatic N) is 5. The van der Waals surface area contributed by atoms with Crippen LogP contribution in [0.15, 0.2) is 65.3 Å². The Balaban J connectivity index is 0.000000265. The molecule has 0 aliphatic carbocycles. The summed E-state index contributed by atoms with van der Waals surface area (Å²) in [6.07, 6.45) is 0. The zero-order valence-corrected chi connectivity index (χ0v) is 21.4. The molecule has 2 N–H and O–H groups in total. The molecule has 9 nitrogen and oxygen atoms in total. The van der Waals surface area contributed by atoms with Crippen molar-refractivity contribution in [3.05, 3.63) is 71.8 Å². The molecule has 3 heterocycles. The van der Waals surface area contributed by atoms with Gasteiger partial charge in [0.1, 0.15) is 16.9 Å². The van der Waals surface area contributed by atoms with Gasteiger partial charge in [-0.3, -0.25) is 4.79 Å². The topological polar surface area (TPSA) is 103 Å². The Morgan fingerprint density at radius 3 is 2.54 bits per heavy atom. The molecule has 0 radical (unpaired) electrons. The smallest absolute Gasteiger partial charge is 0.255 e. The van der Waals surface area contributed by atoms with E-state index in [1.165, 1.54) is 32.7 Å². The van der Waals surface area contributed by atoms with Crippen molar-refractivity contribution in [1.82, 2.24) is 30.1 Å². The molecular formula is C28H31N7O2. The zero-order valence-electron chi connectivity index (χ0n) is 21.4. The first-order valence-electron chi connectivity index (χ1n) is 12.5. The van der Waals surface area contributed by atoms with E-state index in [9.17, 15) is 4.79 Å². The second-order valence-corrected chi connectivity index (χ2v) is 9.31. The Morgan fingerprint density at radius 1 is 1.00 bits per heavy atom. The number of amides is 1. The van der Waals surface area contributed by atoms with E-state index in [1.54, 1.807) is 12.1 Å². The van der Waals surface area contributed by atoms with Gasteiger partial charge in [-0.1, -0.05) is 30.7 Å². The Hall–Kier alpha value is -4.08. The summed E-state index contributed by atoms with van der Waals surface area (Å²) in [5.41, 5.74) is 6.06. The van der Waals surface area contributed by atoms with Gasteiger partial charge in [-0.2, -0.15) is 0 Å². The highest BCUT2D eigenvalue weighted by Gasteiger charge is 2.14. The summed E-state index contributed by atoms with van der Waals surface area (Å²) < 4.78 is 4.82. The largest absolute Gasteiger partial charge is 0.338 e. The van der Waals surface area contributed by atoms with Crippen molar-refractivity contribution in [3.63, 3.8) is 0 Å². The van der Waals surface area contributed by atoms with Gasteiger partial charge in [0.25, 0.3) is 5.91 Å². The number of piperazine rings is 1. The summed E-state index contributed by atoms with van der Waals surface area (Å²) in [5, 5.41) is 10.7. The van der Waals surface area contributed by atoms with E-state index in [0.29, 0.717) is 22.4 Å². The van der Waals surface area contributed by atoms with E-state index in [2.05, 4.69) is 49.4 Å². The lowest BCUT2D eigenvalue weighted by Crippen LogP contribution is -2.44. The minimum absolute atomic E-state index is 0.176. The van der Waals surface area contributed by atoms with E-state index in [-0.39, 0.29) is 5.91 Å². The lowest BCUT2D eigenvalue weighted by molar-refractivity contribution is 0.102. The van der Waals surface area contributed by atoms with Crippen molar-refractivity contribution in [1.29, 1.82) is 0 Å². The SMILES string of the molecule is CCN1CCN(C)CC1.Cc1ccc(NC(=O)c2ccc3nc(-c4cccc5nonc45)[nH]c3c2)cc1. The van der Waals surface area contributed by atoms with Gasteiger partial charge >= 0.3 is 0 Å². The predicted molar refractivity (Wildman–Crippen MR) is 146 cm³/mol. The maximum absolute atomic E-state index is 12.6. The molecule has 0 saturated carbocycles. The molecule has 1 aliphatic heterocycles. The molecule has 1 saturated heterocycles. The van der Waals surface area contributed by atoms with Gasteiger partial charge in [-0.05, 0) is 73.3 Å². The molecule has 0 bridgehead atoms. The van der Waals surface area contributed by atoms with Crippen LogP contribution in [0.25, 0.3) is 33.5 Å². The summed E-state index contributed by atoms with van der Waals surface area (Å²) in [7, 11) is 2.19. The number of hydrogen-bond donors (Lipinski definition) is 2. The van der Waals surface area contributed by atoms with E-state index < -0.39 is 0 Å². The third-order valence-electron chi connectivity index (χ3n) is 6.64. The van der Waals surface area contributed by atoms with Gasteiger partial charge in [-0.25, -0.2) is 9.61 Å². The van der Waals surface area contributed by atoms with E-state index in [0.717, 1.165) is 27.8 Å². The number of carbonyl (C=O) groups is 1. The minimum atomic E-state index is -0.176. The van der Waals surface area contributed by atoms with Crippen LogP contribution < -0.4 is 5.32 Å². The average molecular weight is 498 g/mol. The highest BCUT2D eigenvalue weighted by Crippen LogP contribution is 2.27. The Bertz CT molecular complexity index is 1500. The number of nitrogens with one attached hydrogen (secondary N) is 2. The van der Waals surface area contributed by atoms with Gasteiger partial charge in [0, 0.05) is 43.0 Å². The fourth-order valence-corrected chi connectivity index (χ4v) is 4.28. The number of aryl methyl sites for hydroxylation is 1. The number of H-pyrrole nitrogens is 1. The highest BCUT2D eigenvalue weighted by atomic mass is 16.6. The first kappa shape index (κ1) is 24.6. The lowest BCUT2D eigenvalue weighted by atomic mass is 10.1. The highest BCUT2D eigenvalue weighted by molar-refractivity contribution is 6.06. The minimum Gasteiger partial charge on any atom is -0.338 e. The molecule has 0 unspecified atom stereocenters. The quantitative estimate of drug-likeness (QED) is 0.375. The molecule has 0 atom stereocenters. The lowest BCUT2D eigenvalue weighted by Gasteiger charge is -2.31. The van der Waals surface area contributed by atoms with Gasteiger partial charge in [0.2, 0.25) is 0 Å². The number of fused-ring (bicyclic) bond motifs is 2. The molecule has 2 aromatic heterocycles. The van der Waals surface area contributed by atoms with E-state index in [1.807, 2.05) is 55.5 Å². The molecule has 1 amide bonds. The Labute approximate surface area is 215 Å². The maximum Gasteiger partial charge on any atom is 0.255 e. The molecule has 37 heavy (non-hydrogen) atoms. The fraction of sp³-hybridized carbons (Fsp3) is 0.286. The summed E-state index contributed by atoms with van der Waals surface area (Å²) >= 11 is 0. The first-order chi connectivity index (χ1) is 18.0. The average Bonchev–Trinajstić information content (AvgIpc) is 3.57. The molecule has 5 aromatic rings. The monoisotopic (exact) mass is 497 g/mol. The number of likely N-dealkylation sites (N-methyl/N-ethyl adjacent to an activating group) is 2. The number of aromatic amines is 1. The van der Waals surface area contributed by atoms with Crippen LogP contribution in [0.5, 0.6) is 0 Å². The molecule has 6 rings (SSSR count). The second-order valence-electron chi connectivity index (χ2n) is 9.31. The third kappa shape index (κ3) is 5.68. The van der Waals surface area contributed by atoms with Crippen LogP contribution >= 0.6 is 0 Å². The first-order valence-corrected chi connectivity index (χ1v) is 12.5. The number of anilines is 1. The molecular weight excluding hydrogens is 466 g/mol. The van der Waals surface area contributed by atoms with Crippen LogP contribution in [0.3, 0.4) is 0 Å². The van der Waals surface area contributed by atoms with Crippen LogP contribution in [0.4, 0.5) is 5.69 Å². The molecule has 9 heteroatoms. The number of rotatable bonds is 4. The number of carbonyl (C=O) groups excluding carboxylic acids is 1. The fourth-order valence-electron chi connectivity index (χ4n) is 4.28. The van der Waals surface area contributed by atoms with Gasteiger partial charge in [0.05, 0.1) is 11.0 Å². The molecule has 1 fully saturated rings. The standard InChI is InChI=1S/C21H15N5O2.C7H16N2/c1-12-5-8-14(9-6-12)22-21(27)13-7-10-16-18(11-13)24-20(23-16)15-3-2-4-17-19(15)26-28-25-17;1-3-9-6-4-8(2)5-7-9/h2-11H,1H3,(H,22,27)(H,23,24);3-7H2,1-2H3. The summed E-state index contributed by atoms with van der Waals surface area (Å²) in [5.74, 6) is 0.470. The van der Waals surface area contributed by atoms with Gasteiger partial charge in [-0.15, -0.1) is 0 Å². The van der Waals surface area contributed by atoms with E-state index >= 15 is 0 Å². The molecule has 0 spiro atoms. The van der Waals surface area contributed by atoms with Crippen LogP contribution in [0, 0.1) is 6.92 Å². The van der Waals surface area contributed by atoms with Crippen molar-refractivity contribution >= 4 is 33.7 Å². The van der Waals surface area contributed by atoms with Gasteiger partial charge < -0.3 is 20.1 Å². The van der Waals surface area contributed by atoms with Crippen molar-refractivity contribution in [3.8, 4) is 11.4 Å². The maximum atomic E-state index is 12.6. The van der Waals surface area contributed by atoms with Crippen LogP contribution in [0.2, 0.25) is 0 Å². The van der Waals surface area contributed by atoms with Crippen LogP contribution in [-0.4, -0.2) is 75.8 Å². The molecule has 1 aliphatic rings. The number of benzene rings is 3. The zero-order chi connectivity index (χ0) is 25.8. The molecule has 190 valence electrons. The van der Waals surface area contributed by atoms with Gasteiger partial charge in [0.15, 0.2) is 0 Å². The van der Waals surface area contributed by atoms with Crippen molar-refractivity contribution in [2.24, 2.45) is 0 Å². The molecule has 3 aromatic carbocycles. The number of imidazole rings is 1. The van der Waals surface area contributed by atoms with Crippen LogP contribution in [0.1, 0.15) is 22.8 Å². The van der Waals surface area contributed by atoms with Crippen molar-refractivity contribution < 1.29 is 9.42 Å². The van der Waals surface area contributed by atoms with Crippen molar-refractivity contribution in [2.75, 3.05) is 45.1 Å². The normalized spacial score (nSPS) is 14.5. The Morgan fingerprint density at radius 2 is 1.78 bits per heavy atom. The number of hydrogen-bond acceptors (Lipinski definition) is 7. The number of aromatic nitrogens is 4. The third-order valence-corrected chi connectivity index (χ3v) is 6.64. The summed E-state index contributed by atoms with van der Waals surface area (Å²) in [6, 6.07) is 18.6. The van der Waals surface area contributed by atoms with E-state index in [4.69, 9.17) is 4.63 Å². The summed E-state index contributed by atoms with van der Waals surface area (Å²) in [6.45, 7) is 10.5. The van der Waals surface area contributed by atoms with Crippen LogP contribution in [-0.2, 0) is 0 Å².